The number of rotatable bonds is 3. The van der Waals surface area contributed by atoms with E-state index in [0.29, 0.717) is 38.5 Å². The van der Waals surface area contributed by atoms with Gasteiger partial charge in [-0.1, -0.05) is 0 Å². The SMILES string of the molecule is COc1ccc(F)cc1CN1CCN(C(=O)O)CC1. The van der Waals surface area contributed by atoms with Gasteiger partial charge >= 0.3 is 6.09 Å². The third kappa shape index (κ3) is 3.35. The smallest absolute Gasteiger partial charge is 0.407 e. The van der Waals surface area contributed by atoms with Crippen LogP contribution in [0.2, 0.25) is 0 Å². The Morgan fingerprint density at radius 1 is 1.37 bits per heavy atom. The average Bonchev–Trinajstić information content (AvgIpc) is 2.39. The summed E-state index contributed by atoms with van der Waals surface area (Å²) in [5.74, 6) is 0.363. The van der Waals surface area contributed by atoms with Crippen molar-refractivity contribution in [2.24, 2.45) is 0 Å². The molecule has 1 aliphatic heterocycles. The topological polar surface area (TPSA) is 53.0 Å². The lowest BCUT2D eigenvalue weighted by Gasteiger charge is -2.33. The molecule has 1 aliphatic rings. The van der Waals surface area contributed by atoms with Gasteiger partial charge in [0.05, 0.1) is 7.11 Å². The van der Waals surface area contributed by atoms with Gasteiger partial charge in [0.25, 0.3) is 0 Å². The van der Waals surface area contributed by atoms with Crippen LogP contribution in [0.4, 0.5) is 9.18 Å². The highest BCUT2D eigenvalue weighted by Gasteiger charge is 2.21. The van der Waals surface area contributed by atoms with Gasteiger partial charge in [0, 0.05) is 38.3 Å². The molecule has 104 valence electrons. The van der Waals surface area contributed by atoms with Gasteiger partial charge in [-0.05, 0) is 18.2 Å². The molecule has 0 unspecified atom stereocenters. The quantitative estimate of drug-likeness (QED) is 0.905. The molecule has 1 saturated heterocycles. The number of benzene rings is 1. The van der Waals surface area contributed by atoms with Crippen LogP contribution in [0, 0.1) is 5.82 Å². The molecule has 0 atom stereocenters. The molecule has 1 amide bonds. The summed E-state index contributed by atoms with van der Waals surface area (Å²) in [5.41, 5.74) is 0.784. The number of ether oxygens (including phenoxy) is 1. The minimum atomic E-state index is -0.886. The Hall–Kier alpha value is -1.82. The Morgan fingerprint density at radius 3 is 2.63 bits per heavy atom. The molecule has 1 aromatic rings. The molecule has 1 aromatic carbocycles. The summed E-state index contributed by atoms with van der Waals surface area (Å²) < 4.78 is 18.4. The number of hydrogen-bond acceptors (Lipinski definition) is 3. The molecule has 0 aliphatic carbocycles. The number of nitrogens with zero attached hydrogens (tertiary/aromatic N) is 2. The van der Waals surface area contributed by atoms with Gasteiger partial charge in [0.15, 0.2) is 0 Å². The van der Waals surface area contributed by atoms with E-state index in [2.05, 4.69) is 4.90 Å². The number of hydrogen-bond donors (Lipinski definition) is 1. The first kappa shape index (κ1) is 13.6. The standard InChI is InChI=1S/C13H17FN2O3/c1-19-12-3-2-11(14)8-10(12)9-15-4-6-16(7-5-15)13(17)18/h2-3,8H,4-7,9H2,1H3,(H,17,18). The van der Waals surface area contributed by atoms with E-state index in [-0.39, 0.29) is 5.82 Å². The summed E-state index contributed by atoms with van der Waals surface area (Å²) >= 11 is 0. The summed E-state index contributed by atoms with van der Waals surface area (Å²) in [5, 5.41) is 8.87. The van der Waals surface area contributed by atoms with Crippen LogP contribution in [0.15, 0.2) is 18.2 Å². The molecular formula is C13H17FN2O3. The molecule has 19 heavy (non-hydrogen) atoms. The lowest BCUT2D eigenvalue weighted by atomic mass is 10.1. The van der Waals surface area contributed by atoms with E-state index in [1.807, 2.05) is 0 Å². The molecule has 6 heteroatoms. The number of piperazine rings is 1. The molecule has 1 N–H and O–H groups in total. The summed E-state index contributed by atoms with van der Waals surface area (Å²) in [6, 6.07) is 4.44. The summed E-state index contributed by atoms with van der Waals surface area (Å²) in [4.78, 5) is 14.3. The van der Waals surface area contributed by atoms with Crippen molar-refractivity contribution in [1.29, 1.82) is 0 Å². The van der Waals surface area contributed by atoms with Gasteiger partial charge in [-0.2, -0.15) is 0 Å². The molecule has 5 nitrogen and oxygen atoms in total. The first-order valence-corrected chi connectivity index (χ1v) is 6.13. The molecule has 1 heterocycles. The molecule has 0 saturated carbocycles. The summed E-state index contributed by atoms with van der Waals surface area (Å²) in [7, 11) is 1.55. The second-order valence-electron chi connectivity index (χ2n) is 4.50. The van der Waals surface area contributed by atoms with Gasteiger partial charge < -0.3 is 14.7 Å². The highest BCUT2D eigenvalue weighted by molar-refractivity contribution is 5.65. The number of carbonyl (C=O) groups is 1. The van der Waals surface area contributed by atoms with Crippen LogP contribution in [-0.4, -0.2) is 54.3 Å². The maximum absolute atomic E-state index is 13.2. The minimum Gasteiger partial charge on any atom is -0.496 e. The van der Waals surface area contributed by atoms with Crippen molar-refractivity contribution in [3.8, 4) is 5.75 Å². The Morgan fingerprint density at radius 2 is 2.05 bits per heavy atom. The number of methoxy groups -OCH3 is 1. The predicted molar refractivity (Wildman–Crippen MR) is 67.8 cm³/mol. The third-order valence-electron chi connectivity index (χ3n) is 3.28. The van der Waals surface area contributed by atoms with Crippen molar-refractivity contribution >= 4 is 6.09 Å². The van der Waals surface area contributed by atoms with Crippen molar-refractivity contribution in [2.75, 3.05) is 33.3 Å². The van der Waals surface area contributed by atoms with Crippen molar-refractivity contribution in [1.82, 2.24) is 9.80 Å². The largest absolute Gasteiger partial charge is 0.496 e. The van der Waals surface area contributed by atoms with Crippen LogP contribution in [-0.2, 0) is 6.54 Å². The Labute approximate surface area is 111 Å². The summed E-state index contributed by atoms with van der Waals surface area (Å²) in [6.07, 6.45) is -0.886. The number of halogens is 1. The highest BCUT2D eigenvalue weighted by Crippen LogP contribution is 2.21. The predicted octanol–water partition coefficient (Wildman–Crippen LogP) is 1.63. The van der Waals surface area contributed by atoms with E-state index in [0.717, 1.165) is 5.56 Å². The van der Waals surface area contributed by atoms with Crippen LogP contribution in [0.5, 0.6) is 5.75 Å². The molecule has 2 rings (SSSR count). The maximum atomic E-state index is 13.2. The minimum absolute atomic E-state index is 0.292. The molecule has 1 fully saturated rings. The van der Waals surface area contributed by atoms with Gasteiger partial charge in [0.1, 0.15) is 11.6 Å². The third-order valence-corrected chi connectivity index (χ3v) is 3.28. The Bertz CT molecular complexity index is 459. The van der Waals surface area contributed by atoms with Crippen LogP contribution in [0.3, 0.4) is 0 Å². The zero-order valence-electron chi connectivity index (χ0n) is 10.8. The zero-order chi connectivity index (χ0) is 13.8. The Kier molecular flexibility index (Phi) is 4.21. The highest BCUT2D eigenvalue weighted by atomic mass is 19.1. The monoisotopic (exact) mass is 268 g/mol. The van der Waals surface area contributed by atoms with E-state index in [9.17, 15) is 9.18 Å². The first-order valence-electron chi connectivity index (χ1n) is 6.13. The van der Waals surface area contributed by atoms with Crippen LogP contribution < -0.4 is 4.74 Å². The van der Waals surface area contributed by atoms with Crippen molar-refractivity contribution in [3.63, 3.8) is 0 Å². The van der Waals surface area contributed by atoms with Crippen LogP contribution in [0.1, 0.15) is 5.56 Å². The van der Waals surface area contributed by atoms with Crippen LogP contribution in [0.25, 0.3) is 0 Å². The van der Waals surface area contributed by atoms with Gasteiger partial charge in [-0.15, -0.1) is 0 Å². The normalized spacial score (nSPS) is 16.4. The van der Waals surface area contributed by atoms with E-state index < -0.39 is 6.09 Å². The fraction of sp³-hybridized carbons (Fsp3) is 0.462. The number of carboxylic acid groups (broad SMARTS) is 1. The lowest BCUT2D eigenvalue weighted by molar-refractivity contribution is 0.102. The van der Waals surface area contributed by atoms with Gasteiger partial charge in [0.2, 0.25) is 0 Å². The Balaban J connectivity index is 1.99. The molecule has 0 aromatic heterocycles. The van der Waals surface area contributed by atoms with Gasteiger partial charge in [-0.3, -0.25) is 4.90 Å². The van der Waals surface area contributed by atoms with E-state index in [1.54, 1.807) is 13.2 Å². The lowest BCUT2D eigenvalue weighted by Crippen LogP contribution is -2.47. The molecule has 0 radical (unpaired) electrons. The molecular weight excluding hydrogens is 251 g/mol. The van der Waals surface area contributed by atoms with E-state index >= 15 is 0 Å². The van der Waals surface area contributed by atoms with Crippen LogP contribution >= 0.6 is 0 Å². The van der Waals surface area contributed by atoms with Crippen molar-refractivity contribution in [2.45, 2.75) is 6.54 Å². The average molecular weight is 268 g/mol. The van der Waals surface area contributed by atoms with Gasteiger partial charge in [-0.25, -0.2) is 9.18 Å². The first-order chi connectivity index (χ1) is 9.10. The summed E-state index contributed by atoms with van der Waals surface area (Å²) in [6.45, 7) is 2.81. The fourth-order valence-corrected chi connectivity index (χ4v) is 2.21. The van der Waals surface area contributed by atoms with E-state index in [4.69, 9.17) is 9.84 Å². The zero-order valence-corrected chi connectivity index (χ0v) is 10.8. The van der Waals surface area contributed by atoms with E-state index in [1.165, 1.54) is 17.0 Å². The number of amides is 1. The second kappa shape index (κ2) is 5.88. The molecule has 0 spiro atoms. The molecule has 0 bridgehead atoms. The van der Waals surface area contributed by atoms with Crippen molar-refractivity contribution in [3.05, 3.63) is 29.6 Å². The van der Waals surface area contributed by atoms with Crippen molar-refractivity contribution < 1.29 is 19.0 Å². The second-order valence-corrected chi connectivity index (χ2v) is 4.50. The fourth-order valence-electron chi connectivity index (χ4n) is 2.21. The maximum Gasteiger partial charge on any atom is 0.407 e.